The van der Waals surface area contributed by atoms with Crippen molar-refractivity contribution in [3.63, 3.8) is 0 Å². The summed E-state index contributed by atoms with van der Waals surface area (Å²) < 4.78 is 7.01. The Morgan fingerprint density at radius 2 is 2.26 bits per heavy atom. The Kier molecular flexibility index (Phi) is 2.52. The van der Waals surface area contributed by atoms with Crippen molar-refractivity contribution in [1.29, 1.82) is 5.41 Å². The number of hydrogen-bond acceptors (Lipinski definition) is 6. The summed E-state index contributed by atoms with van der Waals surface area (Å²) in [6, 6.07) is 5.27. The van der Waals surface area contributed by atoms with Gasteiger partial charge in [0.15, 0.2) is 23.1 Å². The largest absolute Gasteiger partial charge is 0.463 e. The molecule has 2 aromatic heterocycles. The Hall–Kier alpha value is -2.70. The third-order valence-corrected chi connectivity index (χ3v) is 2.65. The molecule has 0 amide bonds. The minimum Gasteiger partial charge on any atom is -0.463 e. The summed E-state index contributed by atoms with van der Waals surface area (Å²) in [4.78, 5) is 1.91. The van der Waals surface area contributed by atoms with E-state index in [0.29, 0.717) is 22.6 Å². The van der Waals surface area contributed by atoms with E-state index < -0.39 is 0 Å². The average Bonchev–Trinajstić information content (AvgIpc) is 2.98. The van der Waals surface area contributed by atoms with Gasteiger partial charge < -0.3 is 9.32 Å². The summed E-state index contributed by atoms with van der Waals surface area (Å²) in [5.74, 6) is 2.08. The lowest BCUT2D eigenvalue weighted by atomic mass is 10.3. The van der Waals surface area contributed by atoms with Crippen molar-refractivity contribution in [3.05, 3.63) is 36.0 Å². The van der Waals surface area contributed by atoms with Crippen LogP contribution < -0.4 is 16.2 Å². The molecule has 0 saturated carbocycles. The van der Waals surface area contributed by atoms with Crippen LogP contribution >= 0.6 is 0 Å². The van der Waals surface area contributed by atoms with Crippen molar-refractivity contribution >= 4 is 11.6 Å². The molecular weight excluding hydrogens is 244 g/mol. The summed E-state index contributed by atoms with van der Waals surface area (Å²) in [5, 5.41) is 12.7. The van der Waals surface area contributed by atoms with Crippen molar-refractivity contribution in [3.8, 4) is 11.5 Å². The van der Waals surface area contributed by atoms with Crippen LogP contribution in [0.15, 0.2) is 35.1 Å². The molecule has 0 saturated heterocycles. The number of hydrogen-bond donors (Lipinski definition) is 3. The molecule has 7 nitrogen and oxygen atoms in total. The molecule has 0 bridgehead atoms. The van der Waals surface area contributed by atoms with E-state index >= 15 is 0 Å². The highest BCUT2D eigenvalue weighted by molar-refractivity contribution is 5.61. The quantitative estimate of drug-likeness (QED) is 0.744. The standard InChI is InChI=1S/C12H14N6O/c1-17(2)7-11-15-14-10-6-8(13)12(16-18(10)11)9-4-3-5-19-9/h3-7,13-15H,1-2H3. The third-order valence-electron chi connectivity index (χ3n) is 2.65. The number of rotatable bonds is 2. The highest BCUT2D eigenvalue weighted by atomic mass is 16.3. The number of nitrogens with zero attached hydrogens (tertiary/aromatic N) is 3. The predicted molar refractivity (Wildman–Crippen MR) is 70.5 cm³/mol. The van der Waals surface area contributed by atoms with Crippen molar-refractivity contribution in [2.24, 2.45) is 0 Å². The van der Waals surface area contributed by atoms with Crippen LogP contribution in [-0.2, 0) is 0 Å². The van der Waals surface area contributed by atoms with Crippen LogP contribution in [0.25, 0.3) is 17.3 Å². The second-order valence-corrected chi connectivity index (χ2v) is 4.41. The highest BCUT2D eigenvalue weighted by Crippen LogP contribution is 2.19. The van der Waals surface area contributed by atoms with Gasteiger partial charge in [0.2, 0.25) is 0 Å². The summed E-state index contributed by atoms with van der Waals surface area (Å²) in [6.07, 6.45) is 3.47. The lowest BCUT2D eigenvalue weighted by molar-refractivity contribution is 0.558. The van der Waals surface area contributed by atoms with Crippen LogP contribution in [0.4, 0.5) is 5.82 Å². The van der Waals surface area contributed by atoms with E-state index in [1.54, 1.807) is 29.1 Å². The Labute approximate surface area is 109 Å². The topological polar surface area (TPSA) is 82.1 Å². The molecule has 98 valence electrons. The van der Waals surface area contributed by atoms with Crippen LogP contribution in [0.5, 0.6) is 0 Å². The van der Waals surface area contributed by atoms with Crippen molar-refractivity contribution in [1.82, 2.24) is 20.1 Å². The first-order valence-electron chi connectivity index (χ1n) is 5.78. The Morgan fingerprint density at radius 3 is 2.95 bits per heavy atom. The third kappa shape index (κ3) is 1.95. The van der Waals surface area contributed by atoms with Crippen molar-refractivity contribution in [2.75, 3.05) is 19.5 Å². The summed E-state index contributed by atoms with van der Waals surface area (Å²) in [7, 11) is 3.86. The number of fused-ring (bicyclic) bond motifs is 1. The predicted octanol–water partition coefficient (Wildman–Crippen LogP) is 0.870. The second kappa shape index (κ2) is 4.20. The van der Waals surface area contributed by atoms with Gasteiger partial charge in [-0.2, -0.15) is 9.78 Å². The number of furan rings is 1. The zero-order chi connectivity index (χ0) is 13.4. The molecule has 1 aliphatic heterocycles. The summed E-state index contributed by atoms with van der Waals surface area (Å²) in [6.45, 7) is 0. The van der Waals surface area contributed by atoms with Gasteiger partial charge in [-0.1, -0.05) is 0 Å². The maximum absolute atomic E-state index is 7.99. The minimum absolute atomic E-state index is 0.307. The molecule has 1 aliphatic rings. The molecule has 3 rings (SSSR count). The van der Waals surface area contributed by atoms with E-state index in [1.165, 1.54) is 0 Å². The monoisotopic (exact) mass is 258 g/mol. The summed E-state index contributed by atoms with van der Waals surface area (Å²) in [5.41, 5.74) is 6.49. The Bertz CT molecular complexity index is 683. The fraction of sp³-hybridized carbons (Fsp3) is 0.167. The SMILES string of the molecule is CN(C)C=C1NNc2cc(=N)c(-c3ccco3)nn21. The zero-order valence-corrected chi connectivity index (χ0v) is 10.6. The van der Waals surface area contributed by atoms with Crippen LogP contribution in [-0.4, -0.2) is 28.8 Å². The fourth-order valence-corrected chi connectivity index (χ4v) is 1.85. The van der Waals surface area contributed by atoms with E-state index in [9.17, 15) is 0 Å². The van der Waals surface area contributed by atoms with Gasteiger partial charge in [-0.3, -0.25) is 16.3 Å². The van der Waals surface area contributed by atoms with Gasteiger partial charge in [0.1, 0.15) is 0 Å². The second-order valence-electron chi connectivity index (χ2n) is 4.41. The van der Waals surface area contributed by atoms with Gasteiger partial charge in [0.25, 0.3) is 0 Å². The number of hydrazine groups is 1. The minimum atomic E-state index is 0.307. The van der Waals surface area contributed by atoms with Crippen LogP contribution in [0.1, 0.15) is 0 Å². The molecule has 0 radical (unpaired) electrons. The number of aromatic nitrogens is 2. The van der Waals surface area contributed by atoms with Gasteiger partial charge in [0, 0.05) is 26.4 Å². The van der Waals surface area contributed by atoms with E-state index in [1.807, 2.05) is 25.2 Å². The van der Waals surface area contributed by atoms with Crippen LogP contribution in [0.3, 0.4) is 0 Å². The van der Waals surface area contributed by atoms with Gasteiger partial charge in [-0.25, -0.2) is 0 Å². The molecule has 0 spiro atoms. The van der Waals surface area contributed by atoms with E-state index in [-0.39, 0.29) is 0 Å². The Morgan fingerprint density at radius 1 is 1.42 bits per heavy atom. The van der Waals surface area contributed by atoms with Crippen LogP contribution in [0.2, 0.25) is 0 Å². The van der Waals surface area contributed by atoms with Gasteiger partial charge in [-0.05, 0) is 12.1 Å². The fourth-order valence-electron chi connectivity index (χ4n) is 1.85. The highest BCUT2D eigenvalue weighted by Gasteiger charge is 2.18. The van der Waals surface area contributed by atoms with Crippen LogP contribution in [0, 0.1) is 5.41 Å². The normalized spacial score (nSPS) is 14.9. The van der Waals surface area contributed by atoms with E-state index in [2.05, 4.69) is 16.0 Å². The molecule has 19 heavy (non-hydrogen) atoms. The molecule has 3 heterocycles. The van der Waals surface area contributed by atoms with Gasteiger partial charge in [-0.15, -0.1) is 0 Å². The lowest BCUT2D eigenvalue weighted by Crippen LogP contribution is -2.16. The molecule has 0 atom stereocenters. The molecule has 2 aromatic rings. The zero-order valence-electron chi connectivity index (χ0n) is 10.6. The van der Waals surface area contributed by atoms with E-state index in [0.717, 1.165) is 5.82 Å². The van der Waals surface area contributed by atoms with Gasteiger partial charge in [0.05, 0.1) is 11.6 Å². The molecule has 0 unspecified atom stereocenters. The molecule has 0 aliphatic carbocycles. The summed E-state index contributed by atoms with van der Waals surface area (Å²) >= 11 is 0. The lowest BCUT2D eigenvalue weighted by Gasteiger charge is -2.08. The maximum atomic E-state index is 7.99. The molecule has 0 aromatic carbocycles. The van der Waals surface area contributed by atoms with Crippen molar-refractivity contribution < 1.29 is 4.42 Å². The first-order chi connectivity index (χ1) is 9.15. The Balaban J connectivity index is 2.14. The van der Waals surface area contributed by atoms with E-state index in [4.69, 9.17) is 9.83 Å². The van der Waals surface area contributed by atoms with Gasteiger partial charge >= 0.3 is 0 Å². The van der Waals surface area contributed by atoms with Crippen molar-refractivity contribution in [2.45, 2.75) is 0 Å². The number of nitrogens with one attached hydrogen (secondary N) is 3. The first-order valence-corrected chi connectivity index (χ1v) is 5.78. The number of anilines is 1. The average molecular weight is 258 g/mol. The molecule has 0 fully saturated rings. The first kappa shape index (κ1) is 11.4. The molecule has 3 N–H and O–H groups in total. The molecular formula is C12H14N6O. The molecule has 7 heteroatoms. The smallest absolute Gasteiger partial charge is 0.164 e. The maximum Gasteiger partial charge on any atom is 0.164 e.